The van der Waals surface area contributed by atoms with Crippen molar-refractivity contribution in [2.24, 2.45) is 17.8 Å². The van der Waals surface area contributed by atoms with Crippen molar-refractivity contribution in [3.8, 4) is 0 Å². The summed E-state index contributed by atoms with van der Waals surface area (Å²) >= 11 is 0. The monoisotopic (exact) mass is 284 g/mol. The zero-order chi connectivity index (χ0) is 15.0. The van der Waals surface area contributed by atoms with Crippen molar-refractivity contribution in [3.05, 3.63) is 0 Å². The Morgan fingerprint density at radius 2 is 2.00 bits per heavy atom. The molecule has 0 aromatic heterocycles. The van der Waals surface area contributed by atoms with Crippen LogP contribution in [0, 0.1) is 17.8 Å². The molecule has 120 valence electrons. The highest BCUT2D eigenvalue weighted by Crippen LogP contribution is 2.34. The fourth-order valence-corrected chi connectivity index (χ4v) is 3.54. The minimum Gasteiger partial charge on any atom is -0.380 e. The summed E-state index contributed by atoms with van der Waals surface area (Å²) in [4.78, 5) is 2.56. The molecule has 3 atom stereocenters. The van der Waals surface area contributed by atoms with E-state index in [-0.39, 0.29) is 0 Å². The SMILES string of the molecule is CCOCCN(CC)CC1CC(C(C)C)CCC1NC. The fraction of sp³-hybridized carbons (Fsp3) is 1.00. The Kier molecular flexibility index (Phi) is 8.74. The van der Waals surface area contributed by atoms with E-state index in [4.69, 9.17) is 4.74 Å². The standard InChI is InChI=1S/C17H36N2O/c1-6-19(10-11-20-7-2)13-16-12-15(14(3)4)8-9-17(16)18-5/h14-18H,6-13H2,1-5H3. The maximum absolute atomic E-state index is 5.51. The average Bonchev–Trinajstić information content (AvgIpc) is 2.46. The molecule has 0 aromatic carbocycles. The molecule has 3 heteroatoms. The Bertz CT molecular complexity index is 245. The van der Waals surface area contributed by atoms with Gasteiger partial charge in [-0.05, 0) is 57.5 Å². The number of nitrogens with one attached hydrogen (secondary N) is 1. The van der Waals surface area contributed by atoms with Gasteiger partial charge in [0.25, 0.3) is 0 Å². The Morgan fingerprint density at radius 3 is 2.55 bits per heavy atom. The normalized spacial score (nSPS) is 27.4. The summed E-state index contributed by atoms with van der Waals surface area (Å²) in [6.07, 6.45) is 4.12. The summed E-state index contributed by atoms with van der Waals surface area (Å²) in [7, 11) is 2.13. The molecule has 20 heavy (non-hydrogen) atoms. The molecule has 0 spiro atoms. The predicted molar refractivity (Wildman–Crippen MR) is 87.1 cm³/mol. The van der Waals surface area contributed by atoms with Crippen molar-refractivity contribution in [2.45, 2.75) is 53.0 Å². The van der Waals surface area contributed by atoms with Gasteiger partial charge in [-0.1, -0.05) is 20.8 Å². The lowest BCUT2D eigenvalue weighted by molar-refractivity contribution is 0.0874. The minimum atomic E-state index is 0.700. The summed E-state index contributed by atoms with van der Waals surface area (Å²) in [5, 5.41) is 3.55. The maximum atomic E-state index is 5.51. The molecule has 3 unspecified atom stereocenters. The third kappa shape index (κ3) is 5.71. The first kappa shape index (κ1) is 17.9. The van der Waals surface area contributed by atoms with Gasteiger partial charge in [-0.3, -0.25) is 0 Å². The van der Waals surface area contributed by atoms with Gasteiger partial charge in [0.15, 0.2) is 0 Å². The van der Waals surface area contributed by atoms with Crippen molar-refractivity contribution >= 4 is 0 Å². The van der Waals surface area contributed by atoms with Crippen molar-refractivity contribution in [1.82, 2.24) is 10.2 Å². The van der Waals surface area contributed by atoms with Crippen LogP contribution in [0.2, 0.25) is 0 Å². The summed E-state index contributed by atoms with van der Waals surface area (Å²) in [6, 6.07) is 0.700. The molecule has 1 aliphatic rings. The van der Waals surface area contributed by atoms with Crippen molar-refractivity contribution in [3.63, 3.8) is 0 Å². The summed E-state index contributed by atoms with van der Waals surface area (Å²) in [6.45, 7) is 14.2. The molecule has 0 radical (unpaired) electrons. The number of rotatable bonds is 9. The van der Waals surface area contributed by atoms with Crippen LogP contribution in [-0.2, 0) is 4.74 Å². The third-order valence-corrected chi connectivity index (χ3v) is 5.03. The van der Waals surface area contributed by atoms with E-state index in [1.807, 2.05) is 0 Å². The molecule has 0 saturated heterocycles. The van der Waals surface area contributed by atoms with E-state index in [0.717, 1.165) is 44.1 Å². The van der Waals surface area contributed by atoms with E-state index in [0.29, 0.717) is 6.04 Å². The highest BCUT2D eigenvalue weighted by molar-refractivity contribution is 4.86. The lowest BCUT2D eigenvalue weighted by Crippen LogP contribution is -2.45. The van der Waals surface area contributed by atoms with E-state index < -0.39 is 0 Å². The van der Waals surface area contributed by atoms with Gasteiger partial charge in [-0.25, -0.2) is 0 Å². The molecule has 1 fully saturated rings. The Hall–Kier alpha value is -0.120. The van der Waals surface area contributed by atoms with Crippen LogP contribution >= 0.6 is 0 Å². The molecule has 3 nitrogen and oxygen atoms in total. The first-order valence-electron chi connectivity index (χ1n) is 8.59. The summed E-state index contributed by atoms with van der Waals surface area (Å²) < 4.78 is 5.51. The van der Waals surface area contributed by atoms with Crippen LogP contribution in [-0.4, -0.2) is 50.8 Å². The summed E-state index contributed by atoms with van der Waals surface area (Å²) in [5.74, 6) is 2.53. The summed E-state index contributed by atoms with van der Waals surface area (Å²) in [5.41, 5.74) is 0. The van der Waals surface area contributed by atoms with Crippen LogP contribution in [0.1, 0.15) is 47.0 Å². The first-order chi connectivity index (χ1) is 9.62. The second-order valence-electron chi connectivity index (χ2n) is 6.56. The van der Waals surface area contributed by atoms with Crippen LogP contribution in [0.4, 0.5) is 0 Å². The molecule has 0 aliphatic heterocycles. The van der Waals surface area contributed by atoms with Gasteiger partial charge < -0.3 is 15.0 Å². The fourth-order valence-electron chi connectivity index (χ4n) is 3.54. The van der Waals surface area contributed by atoms with Crippen LogP contribution in [0.25, 0.3) is 0 Å². The quantitative estimate of drug-likeness (QED) is 0.659. The average molecular weight is 284 g/mol. The van der Waals surface area contributed by atoms with Gasteiger partial charge in [-0.2, -0.15) is 0 Å². The third-order valence-electron chi connectivity index (χ3n) is 5.03. The molecule has 1 saturated carbocycles. The smallest absolute Gasteiger partial charge is 0.0593 e. The zero-order valence-electron chi connectivity index (χ0n) is 14.3. The van der Waals surface area contributed by atoms with Crippen molar-refractivity contribution < 1.29 is 4.74 Å². The molecule has 0 aromatic rings. The zero-order valence-corrected chi connectivity index (χ0v) is 14.3. The van der Waals surface area contributed by atoms with Gasteiger partial charge in [0.2, 0.25) is 0 Å². The largest absolute Gasteiger partial charge is 0.380 e. The topological polar surface area (TPSA) is 24.5 Å². The second kappa shape index (κ2) is 9.75. The molecular formula is C17H36N2O. The Balaban J connectivity index is 2.50. The number of nitrogens with zero attached hydrogens (tertiary/aromatic N) is 1. The Labute approximate surface area is 126 Å². The molecular weight excluding hydrogens is 248 g/mol. The molecule has 1 N–H and O–H groups in total. The van der Waals surface area contributed by atoms with Crippen LogP contribution < -0.4 is 5.32 Å². The number of likely N-dealkylation sites (N-methyl/N-ethyl adjacent to an activating group) is 1. The highest BCUT2D eigenvalue weighted by Gasteiger charge is 2.31. The van der Waals surface area contributed by atoms with Gasteiger partial charge in [-0.15, -0.1) is 0 Å². The van der Waals surface area contributed by atoms with Crippen LogP contribution in [0.3, 0.4) is 0 Å². The molecule has 1 rings (SSSR count). The van der Waals surface area contributed by atoms with Gasteiger partial charge in [0.1, 0.15) is 0 Å². The molecule has 1 aliphatic carbocycles. The van der Waals surface area contributed by atoms with E-state index in [1.165, 1.54) is 25.8 Å². The van der Waals surface area contributed by atoms with Crippen molar-refractivity contribution in [2.75, 3.05) is 39.9 Å². The van der Waals surface area contributed by atoms with Gasteiger partial charge in [0, 0.05) is 25.7 Å². The lowest BCUT2D eigenvalue weighted by atomic mass is 9.73. The molecule has 0 amide bonds. The second-order valence-corrected chi connectivity index (χ2v) is 6.56. The number of hydrogen-bond acceptors (Lipinski definition) is 3. The highest BCUT2D eigenvalue weighted by atomic mass is 16.5. The van der Waals surface area contributed by atoms with E-state index in [2.05, 4.69) is 45.0 Å². The van der Waals surface area contributed by atoms with Gasteiger partial charge in [0.05, 0.1) is 6.61 Å². The lowest BCUT2D eigenvalue weighted by Gasteiger charge is -2.40. The van der Waals surface area contributed by atoms with Crippen molar-refractivity contribution in [1.29, 1.82) is 0 Å². The van der Waals surface area contributed by atoms with E-state index in [1.54, 1.807) is 0 Å². The Morgan fingerprint density at radius 1 is 1.25 bits per heavy atom. The minimum absolute atomic E-state index is 0.700. The maximum Gasteiger partial charge on any atom is 0.0593 e. The van der Waals surface area contributed by atoms with E-state index >= 15 is 0 Å². The molecule has 0 bridgehead atoms. The first-order valence-corrected chi connectivity index (χ1v) is 8.59. The van der Waals surface area contributed by atoms with E-state index in [9.17, 15) is 0 Å². The van der Waals surface area contributed by atoms with Gasteiger partial charge >= 0.3 is 0 Å². The van der Waals surface area contributed by atoms with Crippen LogP contribution in [0.5, 0.6) is 0 Å². The predicted octanol–water partition coefficient (Wildman–Crippen LogP) is 3.01. The number of hydrogen-bond donors (Lipinski definition) is 1. The van der Waals surface area contributed by atoms with Crippen LogP contribution in [0.15, 0.2) is 0 Å². The molecule has 0 heterocycles. The number of ether oxygens (including phenoxy) is 1.